The van der Waals surface area contributed by atoms with Gasteiger partial charge in [0.15, 0.2) is 0 Å². The van der Waals surface area contributed by atoms with Gasteiger partial charge in [-0.25, -0.2) is 4.52 Å². The van der Waals surface area contributed by atoms with Gasteiger partial charge < -0.3 is 0 Å². The quantitative estimate of drug-likeness (QED) is 0.400. The van der Waals surface area contributed by atoms with Crippen molar-refractivity contribution in [1.29, 1.82) is 0 Å². The highest BCUT2D eigenvalue weighted by Gasteiger charge is 2.37. The first-order valence-electron chi connectivity index (χ1n) is 8.53. The monoisotopic (exact) mass is 456 g/mol. The van der Waals surface area contributed by atoms with E-state index in [9.17, 15) is 31.1 Å². The Morgan fingerprint density at radius 3 is 2.13 bits per heavy atom. The normalized spacial score (nSPS) is 12.3. The molecule has 0 aliphatic carbocycles. The van der Waals surface area contributed by atoms with Gasteiger partial charge in [0.05, 0.1) is 16.8 Å². The Labute approximate surface area is 174 Å². The van der Waals surface area contributed by atoms with Gasteiger partial charge in [0.25, 0.3) is 11.9 Å². The lowest BCUT2D eigenvalue weighted by atomic mass is 10.0. The van der Waals surface area contributed by atoms with Crippen LogP contribution in [0, 0.1) is 0 Å². The van der Waals surface area contributed by atoms with E-state index in [2.05, 4.69) is 15.4 Å². The number of hydrogen-bond donors (Lipinski definition) is 1. The molecule has 0 bridgehead atoms. The predicted molar refractivity (Wildman–Crippen MR) is 101 cm³/mol. The molecule has 31 heavy (non-hydrogen) atoms. The molecule has 1 amide bonds. The summed E-state index contributed by atoms with van der Waals surface area (Å²) in [5.74, 6) is -1.45. The molecule has 12 heteroatoms. The third-order valence-corrected chi connectivity index (χ3v) is 5.04. The van der Waals surface area contributed by atoms with Gasteiger partial charge >= 0.3 is 12.4 Å². The van der Waals surface area contributed by atoms with Crippen LogP contribution in [0.3, 0.4) is 0 Å². The van der Waals surface area contributed by atoms with Crippen LogP contribution in [0.4, 0.5) is 32.3 Å². The second-order valence-electron chi connectivity index (χ2n) is 6.37. The first-order valence-corrected chi connectivity index (χ1v) is 9.41. The standard InChI is InChI=1S/C19H10F6N4OS/c20-18(21,22)12-6-11(7-13(8-12)19(23,24)25)15(30)26-16-27-17-29(28-16)14(9-31-17)10-4-2-1-3-5-10/h1-9H,(H,26,28,30). The van der Waals surface area contributed by atoms with Crippen LogP contribution in [-0.4, -0.2) is 20.5 Å². The van der Waals surface area contributed by atoms with Crippen LogP contribution in [0.15, 0.2) is 53.9 Å². The number of benzene rings is 2. The SMILES string of the molecule is O=C(Nc1nc2scc(-c3ccccc3)n2n1)c1cc(C(F)(F)F)cc(C(F)(F)F)c1. The molecule has 0 fully saturated rings. The zero-order valence-electron chi connectivity index (χ0n) is 15.1. The average molecular weight is 456 g/mol. The lowest BCUT2D eigenvalue weighted by Gasteiger charge is -2.13. The highest BCUT2D eigenvalue weighted by atomic mass is 32.1. The number of nitrogens with one attached hydrogen (secondary N) is 1. The first-order chi connectivity index (χ1) is 14.5. The molecule has 0 aliphatic heterocycles. The van der Waals surface area contributed by atoms with E-state index in [-0.39, 0.29) is 12.0 Å². The zero-order valence-corrected chi connectivity index (χ0v) is 15.9. The Balaban J connectivity index is 1.67. The minimum atomic E-state index is -5.06. The summed E-state index contributed by atoms with van der Waals surface area (Å²) in [6, 6.07) is 9.73. The molecule has 5 nitrogen and oxygen atoms in total. The third-order valence-electron chi connectivity index (χ3n) is 4.23. The first kappa shape index (κ1) is 20.8. The van der Waals surface area contributed by atoms with Crippen molar-refractivity contribution in [3.05, 3.63) is 70.6 Å². The van der Waals surface area contributed by atoms with E-state index in [1.807, 2.05) is 30.3 Å². The number of carbonyl (C=O) groups excluding carboxylic acids is 1. The topological polar surface area (TPSA) is 59.3 Å². The lowest BCUT2D eigenvalue weighted by Crippen LogP contribution is -2.17. The Hall–Kier alpha value is -3.41. The maximum Gasteiger partial charge on any atom is 0.416 e. The van der Waals surface area contributed by atoms with Gasteiger partial charge in [-0.15, -0.1) is 16.4 Å². The molecule has 0 unspecified atom stereocenters. The molecular weight excluding hydrogens is 446 g/mol. The van der Waals surface area contributed by atoms with Crippen molar-refractivity contribution in [2.45, 2.75) is 12.4 Å². The summed E-state index contributed by atoms with van der Waals surface area (Å²) in [7, 11) is 0. The lowest BCUT2D eigenvalue weighted by molar-refractivity contribution is -0.143. The minimum Gasteiger partial charge on any atom is -0.289 e. The summed E-state index contributed by atoms with van der Waals surface area (Å²) in [5.41, 5.74) is -2.52. The fourth-order valence-electron chi connectivity index (χ4n) is 2.80. The van der Waals surface area contributed by atoms with Crippen molar-refractivity contribution in [2.24, 2.45) is 0 Å². The van der Waals surface area contributed by atoms with Gasteiger partial charge in [-0.05, 0) is 18.2 Å². The van der Waals surface area contributed by atoms with Crippen molar-refractivity contribution >= 4 is 28.2 Å². The summed E-state index contributed by atoms with van der Waals surface area (Å²) in [4.78, 5) is 16.8. The van der Waals surface area contributed by atoms with Gasteiger partial charge in [0.1, 0.15) is 0 Å². The highest BCUT2D eigenvalue weighted by molar-refractivity contribution is 7.15. The molecule has 0 atom stereocenters. The van der Waals surface area contributed by atoms with Crippen molar-refractivity contribution in [3.8, 4) is 11.3 Å². The zero-order chi connectivity index (χ0) is 22.4. The maximum atomic E-state index is 13.0. The molecule has 0 aliphatic rings. The molecule has 4 aromatic rings. The van der Waals surface area contributed by atoms with Crippen LogP contribution in [0.5, 0.6) is 0 Å². The largest absolute Gasteiger partial charge is 0.416 e. The Morgan fingerprint density at radius 2 is 1.55 bits per heavy atom. The van der Waals surface area contributed by atoms with E-state index in [4.69, 9.17) is 0 Å². The number of nitrogens with zero attached hydrogens (tertiary/aromatic N) is 3. The van der Waals surface area contributed by atoms with Crippen LogP contribution in [-0.2, 0) is 12.4 Å². The Morgan fingerprint density at radius 1 is 0.935 bits per heavy atom. The number of rotatable bonds is 3. The van der Waals surface area contributed by atoms with Gasteiger partial charge in [-0.2, -0.15) is 31.3 Å². The average Bonchev–Trinajstić information content (AvgIpc) is 3.27. The summed E-state index contributed by atoms with van der Waals surface area (Å²) in [5, 5.41) is 8.03. The number of halogens is 6. The number of carbonyl (C=O) groups is 1. The number of anilines is 1. The van der Waals surface area contributed by atoms with Crippen molar-refractivity contribution in [1.82, 2.24) is 14.6 Å². The van der Waals surface area contributed by atoms with Crippen LogP contribution < -0.4 is 5.32 Å². The minimum absolute atomic E-state index is 0.0479. The molecule has 160 valence electrons. The molecule has 2 heterocycles. The second-order valence-corrected chi connectivity index (χ2v) is 7.20. The molecule has 0 spiro atoms. The number of fused-ring (bicyclic) bond motifs is 1. The molecule has 0 radical (unpaired) electrons. The van der Waals surface area contributed by atoms with Crippen LogP contribution in [0.1, 0.15) is 21.5 Å². The number of thiazole rings is 1. The smallest absolute Gasteiger partial charge is 0.289 e. The van der Waals surface area contributed by atoms with Crippen LogP contribution in [0.2, 0.25) is 0 Å². The van der Waals surface area contributed by atoms with Crippen molar-refractivity contribution in [3.63, 3.8) is 0 Å². The summed E-state index contributed by atoms with van der Waals surface area (Å²) in [6.45, 7) is 0. The van der Waals surface area contributed by atoms with Crippen LogP contribution in [0.25, 0.3) is 16.2 Å². The van der Waals surface area contributed by atoms with E-state index in [1.165, 1.54) is 15.9 Å². The molecule has 4 rings (SSSR count). The van der Waals surface area contributed by atoms with Crippen molar-refractivity contribution in [2.75, 3.05) is 5.32 Å². The molecule has 0 saturated carbocycles. The fraction of sp³-hybridized carbons (Fsp3) is 0.105. The van der Waals surface area contributed by atoms with E-state index in [0.29, 0.717) is 22.8 Å². The van der Waals surface area contributed by atoms with Gasteiger partial charge in [-0.3, -0.25) is 10.1 Å². The molecule has 1 N–H and O–H groups in total. The summed E-state index contributed by atoms with van der Waals surface area (Å²) >= 11 is 1.20. The Kier molecular flexibility index (Phi) is 4.96. The van der Waals surface area contributed by atoms with Gasteiger partial charge in [0, 0.05) is 16.5 Å². The Bertz CT molecular complexity index is 1230. The number of aromatic nitrogens is 3. The fourth-order valence-corrected chi connectivity index (χ4v) is 3.63. The third kappa shape index (κ3) is 4.24. The second kappa shape index (κ2) is 7.38. The summed E-state index contributed by atoms with van der Waals surface area (Å²) < 4.78 is 79.4. The van der Waals surface area contributed by atoms with Gasteiger partial charge in [-0.1, -0.05) is 30.3 Å². The number of alkyl halides is 6. The molecular formula is C19H10F6N4OS. The van der Waals surface area contributed by atoms with Crippen molar-refractivity contribution < 1.29 is 31.1 Å². The van der Waals surface area contributed by atoms with E-state index in [1.54, 1.807) is 5.38 Å². The summed E-state index contributed by atoms with van der Waals surface area (Å²) in [6.07, 6.45) is -10.1. The predicted octanol–water partition coefficient (Wildman–Crippen LogP) is 5.75. The number of hydrogen-bond acceptors (Lipinski definition) is 4. The van der Waals surface area contributed by atoms with E-state index in [0.717, 1.165) is 5.56 Å². The molecule has 0 saturated heterocycles. The van der Waals surface area contributed by atoms with Crippen LogP contribution >= 0.6 is 11.3 Å². The van der Waals surface area contributed by atoms with E-state index < -0.39 is 35.0 Å². The van der Waals surface area contributed by atoms with E-state index >= 15 is 0 Å². The molecule has 2 aromatic heterocycles. The molecule has 2 aromatic carbocycles. The maximum absolute atomic E-state index is 13.0. The number of amides is 1. The highest BCUT2D eigenvalue weighted by Crippen LogP contribution is 2.36. The van der Waals surface area contributed by atoms with Gasteiger partial charge in [0.2, 0.25) is 4.96 Å².